The summed E-state index contributed by atoms with van der Waals surface area (Å²) >= 11 is 3.40. The van der Waals surface area contributed by atoms with Gasteiger partial charge < -0.3 is 10.2 Å². The number of hydrogen-bond acceptors (Lipinski definition) is 2. The van der Waals surface area contributed by atoms with Crippen LogP contribution in [0.3, 0.4) is 0 Å². The summed E-state index contributed by atoms with van der Waals surface area (Å²) < 4.78 is 0.954. The molecule has 0 saturated heterocycles. The Hall–Kier alpha value is -0.870. The third-order valence-electron chi connectivity index (χ3n) is 4.13. The molecule has 0 heterocycles. The summed E-state index contributed by atoms with van der Waals surface area (Å²) in [7, 11) is 0. The van der Waals surface area contributed by atoms with Crippen molar-refractivity contribution in [3.8, 4) is 0 Å². The van der Waals surface area contributed by atoms with E-state index in [4.69, 9.17) is 0 Å². The first-order chi connectivity index (χ1) is 9.48. The van der Waals surface area contributed by atoms with E-state index in [0.29, 0.717) is 12.8 Å². The Kier molecular flexibility index (Phi) is 5.22. The van der Waals surface area contributed by atoms with E-state index in [1.807, 2.05) is 24.3 Å². The van der Waals surface area contributed by atoms with Gasteiger partial charge in [0.05, 0.1) is 11.5 Å². The van der Waals surface area contributed by atoms with E-state index in [1.165, 1.54) is 0 Å². The van der Waals surface area contributed by atoms with Crippen molar-refractivity contribution in [1.82, 2.24) is 0 Å². The smallest absolute Gasteiger partial charge is 0.306 e. The van der Waals surface area contributed by atoms with Crippen molar-refractivity contribution >= 4 is 21.9 Å². The molecule has 2 N–H and O–H groups in total. The van der Waals surface area contributed by atoms with Crippen molar-refractivity contribution in [3.05, 3.63) is 34.3 Å². The lowest BCUT2D eigenvalue weighted by molar-refractivity contribution is -0.145. The molecule has 1 aromatic carbocycles. The van der Waals surface area contributed by atoms with E-state index in [2.05, 4.69) is 15.9 Å². The monoisotopic (exact) mass is 340 g/mol. The fraction of sp³-hybridized carbons (Fsp3) is 0.562. The van der Waals surface area contributed by atoms with Gasteiger partial charge in [0.2, 0.25) is 0 Å². The van der Waals surface area contributed by atoms with Crippen LogP contribution in [-0.2, 0) is 11.2 Å². The Morgan fingerprint density at radius 2 is 2.00 bits per heavy atom. The number of carboxylic acids is 1. The second-order valence-corrected chi connectivity index (χ2v) is 6.77. The van der Waals surface area contributed by atoms with Gasteiger partial charge in [0, 0.05) is 4.47 Å². The highest BCUT2D eigenvalue weighted by molar-refractivity contribution is 9.10. The first kappa shape index (κ1) is 15.5. The molecule has 0 radical (unpaired) electrons. The summed E-state index contributed by atoms with van der Waals surface area (Å²) in [5.41, 5.74) is 0.207. The van der Waals surface area contributed by atoms with Crippen LogP contribution in [0, 0.1) is 5.92 Å². The SMILES string of the molecule is O=C(O)C(Cc1cccc(Br)c1)CC1(O)CCCCC1. The van der Waals surface area contributed by atoms with Gasteiger partial charge in [-0.05, 0) is 43.4 Å². The van der Waals surface area contributed by atoms with Crippen molar-refractivity contribution in [3.63, 3.8) is 0 Å². The molecule has 20 heavy (non-hydrogen) atoms. The van der Waals surface area contributed by atoms with Gasteiger partial charge in [-0.25, -0.2) is 0 Å². The maximum absolute atomic E-state index is 11.5. The molecule has 0 aromatic heterocycles. The van der Waals surface area contributed by atoms with Gasteiger partial charge in [0.25, 0.3) is 0 Å². The topological polar surface area (TPSA) is 57.5 Å². The molecule has 0 aliphatic heterocycles. The maximum atomic E-state index is 11.5. The zero-order valence-corrected chi connectivity index (χ0v) is 13.1. The maximum Gasteiger partial charge on any atom is 0.306 e. The molecule has 1 aliphatic rings. The number of benzene rings is 1. The van der Waals surface area contributed by atoms with Gasteiger partial charge in [-0.1, -0.05) is 47.3 Å². The number of hydrogen-bond donors (Lipinski definition) is 2. The summed E-state index contributed by atoms with van der Waals surface area (Å²) in [6, 6.07) is 7.72. The van der Waals surface area contributed by atoms with Crippen molar-refractivity contribution in [2.24, 2.45) is 5.92 Å². The van der Waals surface area contributed by atoms with Gasteiger partial charge in [-0.15, -0.1) is 0 Å². The molecule has 1 aromatic rings. The van der Waals surface area contributed by atoms with E-state index in [0.717, 1.165) is 42.1 Å². The molecule has 1 atom stereocenters. The van der Waals surface area contributed by atoms with Gasteiger partial charge in [0.1, 0.15) is 0 Å². The number of rotatable bonds is 5. The summed E-state index contributed by atoms with van der Waals surface area (Å²) in [5, 5.41) is 20.0. The third-order valence-corrected chi connectivity index (χ3v) is 4.62. The zero-order valence-electron chi connectivity index (χ0n) is 11.5. The molecule has 3 nitrogen and oxygen atoms in total. The summed E-state index contributed by atoms with van der Waals surface area (Å²) in [4.78, 5) is 11.5. The molecule has 1 aliphatic carbocycles. The fourth-order valence-corrected chi connectivity index (χ4v) is 3.51. The molecule has 1 saturated carbocycles. The van der Waals surface area contributed by atoms with Crippen LogP contribution in [0.15, 0.2) is 28.7 Å². The predicted octanol–water partition coefficient (Wildman–Crippen LogP) is 3.78. The minimum atomic E-state index is -0.816. The largest absolute Gasteiger partial charge is 0.481 e. The minimum absolute atomic E-state index is 0.356. The van der Waals surface area contributed by atoms with Gasteiger partial charge >= 0.3 is 5.97 Å². The lowest BCUT2D eigenvalue weighted by Gasteiger charge is -2.34. The van der Waals surface area contributed by atoms with E-state index < -0.39 is 17.5 Å². The Morgan fingerprint density at radius 3 is 2.60 bits per heavy atom. The van der Waals surface area contributed by atoms with E-state index in [1.54, 1.807) is 0 Å². The molecule has 0 amide bonds. The highest BCUT2D eigenvalue weighted by Crippen LogP contribution is 2.34. The second-order valence-electron chi connectivity index (χ2n) is 5.86. The quantitative estimate of drug-likeness (QED) is 0.857. The minimum Gasteiger partial charge on any atom is -0.481 e. The molecule has 1 fully saturated rings. The van der Waals surface area contributed by atoms with Gasteiger partial charge in [-0.3, -0.25) is 4.79 Å². The number of aliphatic carboxylic acids is 1. The summed E-state index contributed by atoms with van der Waals surface area (Å²) in [6.07, 6.45) is 5.43. The Labute approximate surface area is 128 Å². The van der Waals surface area contributed by atoms with Crippen LogP contribution < -0.4 is 0 Å². The predicted molar refractivity (Wildman–Crippen MR) is 81.6 cm³/mol. The number of halogens is 1. The summed E-state index contributed by atoms with van der Waals surface area (Å²) in [6.45, 7) is 0. The first-order valence-electron chi connectivity index (χ1n) is 7.18. The van der Waals surface area contributed by atoms with Gasteiger partial charge in [0.15, 0.2) is 0 Å². The van der Waals surface area contributed by atoms with E-state index in [-0.39, 0.29) is 0 Å². The summed E-state index contributed by atoms with van der Waals surface area (Å²) in [5.74, 6) is -1.34. The molecular weight excluding hydrogens is 320 g/mol. The van der Waals surface area contributed by atoms with Crippen molar-refractivity contribution in [2.75, 3.05) is 0 Å². The molecule has 110 valence electrons. The third kappa shape index (κ3) is 4.32. The lowest BCUT2D eigenvalue weighted by atomic mass is 9.77. The molecule has 4 heteroatoms. The van der Waals surface area contributed by atoms with E-state index >= 15 is 0 Å². The zero-order chi connectivity index (χ0) is 14.6. The Bertz CT molecular complexity index is 467. The average Bonchev–Trinajstić information content (AvgIpc) is 2.38. The highest BCUT2D eigenvalue weighted by Gasteiger charge is 2.34. The highest BCUT2D eigenvalue weighted by atomic mass is 79.9. The lowest BCUT2D eigenvalue weighted by Crippen LogP contribution is -2.36. The van der Waals surface area contributed by atoms with E-state index in [9.17, 15) is 15.0 Å². The van der Waals surface area contributed by atoms with Crippen molar-refractivity contribution in [1.29, 1.82) is 0 Å². The van der Waals surface area contributed by atoms with Crippen LogP contribution >= 0.6 is 15.9 Å². The molecular formula is C16H21BrO3. The fourth-order valence-electron chi connectivity index (χ4n) is 3.07. The number of aliphatic hydroxyl groups is 1. The standard InChI is InChI=1S/C16H21BrO3/c17-14-6-4-5-12(10-14)9-13(15(18)19)11-16(20)7-2-1-3-8-16/h4-6,10,13,20H,1-3,7-9,11H2,(H,18,19). The van der Waals surface area contributed by atoms with Crippen molar-refractivity contribution in [2.45, 2.75) is 50.5 Å². The Morgan fingerprint density at radius 1 is 1.30 bits per heavy atom. The van der Waals surface area contributed by atoms with Crippen LogP contribution in [0.25, 0.3) is 0 Å². The molecule has 0 spiro atoms. The van der Waals surface area contributed by atoms with Crippen molar-refractivity contribution < 1.29 is 15.0 Å². The number of carbonyl (C=O) groups is 1. The van der Waals surface area contributed by atoms with Crippen LogP contribution in [0.1, 0.15) is 44.1 Å². The first-order valence-corrected chi connectivity index (χ1v) is 7.97. The molecule has 0 bridgehead atoms. The second kappa shape index (κ2) is 6.72. The van der Waals surface area contributed by atoms with Gasteiger partial charge in [-0.2, -0.15) is 0 Å². The average molecular weight is 341 g/mol. The molecule has 1 unspecified atom stereocenters. The van der Waals surface area contributed by atoms with Crippen LogP contribution in [0.4, 0.5) is 0 Å². The molecule has 2 rings (SSSR count). The normalized spacial score (nSPS) is 19.5. The number of carboxylic acid groups (broad SMARTS) is 1. The van der Waals surface area contributed by atoms with Crippen LogP contribution in [0.2, 0.25) is 0 Å². The van der Waals surface area contributed by atoms with Crippen LogP contribution in [0.5, 0.6) is 0 Å². The van der Waals surface area contributed by atoms with Crippen LogP contribution in [-0.4, -0.2) is 21.8 Å². The Balaban J connectivity index is 2.05.